The highest BCUT2D eigenvalue weighted by molar-refractivity contribution is 7.89. The van der Waals surface area contributed by atoms with E-state index in [1.54, 1.807) is 6.20 Å². The van der Waals surface area contributed by atoms with Crippen molar-refractivity contribution in [3.63, 3.8) is 0 Å². The quantitative estimate of drug-likeness (QED) is 0.663. The third-order valence-corrected chi connectivity index (χ3v) is 7.00. The molecule has 0 saturated carbocycles. The zero-order chi connectivity index (χ0) is 20.4. The molecule has 29 heavy (non-hydrogen) atoms. The summed E-state index contributed by atoms with van der Waals surface area (Å²) in [5.74, 6) is -0.473. The Labute approximate surface area is 168 Å². The molecular formula is C21H19FN4O2S. The second-order valence-electron chi connectivity index (χ2n) is 6.85. The first-order chi connectivity index (χ1) is 14.0. The van der Waals surface area contributed by atoms with Gasteiger partial charge < -0.3 is 4.90 Å². The molecule has 1 aliphatic rings. The number of halogens is 1. The maximum atomic E-state index is 13.2. The second-order valence-corrected chi connectivity index (χ2v) is 8.79. The summed E-state index contributed by atoms with van der Waals surface area (Å²) in [6.45, 7) is 1.71. The number of rotatable bonds is 3. The SMILES string of the molecule is N#Cc1cnc2ccccc2c1N1CCCN(S(=O)(=O)c2ccc(F)cc2)CC1. The van der Waals surface area contributed by atoms with E-state index >= 15 is 0 Å². The van der Waals surface area contributed by atoms with Crippen molar-refractivity contribution in [3.05, 3.63) is 66.1 Å². The lowest BCUT2D eigenvalue weighted by Gasteiger charge is -2.25. The molecule has 3 aromatic rings. The van der Waals surface area contributed by atoms with Crippen LogP contribution in [0.4, 0.5) is 10.1 Å². The summed E-state index contributed by atoms with van der Waals surface area (Å²) in [7, 11) is -3.70. The lowest BCUT2D eigenvalue weighted by atomic mass is 10.1. The molecule has 2 aromatic carbocycles. The van der Waals surface area contributed by atoms with Crippen molar-refractivity contribution in [1.29, 1.82) is 5.26 Å². The van der Waals surface area contributed by atoms with Crippen LogP contribution in [0.2, 0.25) is 0 Å². The molecule has 0 N–H and O–H groups in total. The lowest BCUT2D eigenvalue weighted by molar-refractivity contribution is 0.433. The van der Waals surface area contributed by atoms with Gasteiger partial charge in [-0.15, -0.1) is 0 Å². The lowest BCUT2D eigenvalue weighted by Crippen LogP contribution is -2.35. The summed E-state index contributed by atoms with van der Waals surface area (Å²) in [5, 5.41) is 10.5. The molecule has 1 aromatic heterocycles. The van der Waals surface area contributed by atoms with Crippen LogP contribution in [0.15, 0.2) is 59.6 Å². The van der Waals surface area contributed by atoms with Gasteiger partial charge in [-0.25, -0.2) is 12.8 Å². The van der Waals surface area contributed by atoms with Gasteiger partial charge in [0.25, 0.3) is 0 Å². The maximum absolute atomic E-state index is 13.2. The summed E-state index contributed by atoms with van der Waals surface area (Å²) < 4.78 is 40.5. The standard InChI is InChI=1S/C21H19FN4O2S/c22-17-6-8-18(9-7-17)29(27,28)26-11-3-10-25(12-13-26)21-16(14-23)15-24-20-5-2-1-4-19(20)21/h1-2,4-9,15H,3,10-13H2. The van der Waals surface area contributed by atoms with Crippen molar-refractivity contribution in [2.24, 2.45) is 0 Å². The van der Waals surface area contributed by atoms with Crippen molar-refractivity contribution >= 4 is 26.6 Å². The monoisotopic (exact) mass is 410 g/mol. The first-order valence-electron chi connectivity index (χ1n) is 9.29. The molecule has 8 heteroatoms. The topological polar surface area (TPSA) is 77.3 Å². The van der Waals surface area contributed by atoms with Crippen LogP contribution in [0.3, 0.4) is 0 Å². The van der Waals surface area contributed by atoms with E-state index in [-0.39, 0.29) is 11.4 Å². The molecule has 0 spiro atoms. The van der Waals surface area contributed by atoms with Gasteiger partial charge in [-0.3, -0.25) is 4.98 Å². The number of anilines is 1. The molecule has 4 rings (SSSR count). The van der Waals surface area contributed by atoms with Gasteiger partial charge in [0.2, 0.25) is 10.0 Å². The molecule has 0 radical (unpaired) electrons. The van der Waals surface area contributed by atoms with Gasteiger partial charge in [0.1, 0.15) is 11.9 Å². The third-order valence-electron chi connectivity index (χ3n) is 5.09. The van der Waals surface area contributed by atoms with Crippen molar-refractivity contribution < 1.29 is 12.8 Å². The molecule has 6 nitrogen and oxygen atoms in total. The van der Waals surface area contributed by atoms with Crippen LogP contribution in [0, 0.1) is 17.1 Å². The highest BCUT2D eigenvalue weighted by atomic mass is 32.2. The molecule has 0 unspecified atom stereocenters. The number of sulfonamides is 1. The van der Waals surface area contributed by atoms with E-state index in [1.165, 1.54) is 16.4 Å². The van der Waals surface area contributed by atoms with Crippen molar-refractivity contribution in [3.8, 4) is 6.07 Å². The third kappa shape index (κ3) is 3.67. The van der Waals surface area contributed by atoms with Crippen molar-refractivity contribution in [1.82, 2.24) is 9.29 Å². The summed E-state index contributed by atoms with van der Waals surface area (Å²) in [4.78, 5) is 6.49. The number of para-hydroxylation sites is 1. The zero-order valence-electron chi connectivity index (χ0n) is 15.6. The fraction of sp³-hybridized carbons (Fsp3) is 0.238. The number of hydrogen-bond donors (Lipinski definition) is 0. The normalized spacial score (nSPS) is 15.8. The van der Waals surface area contributed by atoms with Crippen LogP contribution in [-0.2, 0) is 10.0 Å². The largest absolute Gasteiger partial charge is 0.368 e. The minimum Gasteiger partial charge on any atom is -0.368 e. The van der Waals surface area contributed by atoms with E-state index in [9.17, 15) is 18.1 Å². The Morgan fingerprint density at radius 2 is 1.76 bits per heavy atom. The molecule has 1 fully saturated rings. The number of benzene rings is 2. The smallest absolute Gasteiger partial charge is 0.243 e. The Bertz CT molecular complexity index is 1190. The predicted octanol–water partition coefficient (Wildman–Crippen LogP) is 3.15. The van der Waals surface area contributed by atoms with Gasteiger partial charge >= 0.3 is 0 Å². The predicted molar refractivity (Wildman–Crippen MR) is 108 cm³/mol. The van der Waals surface area contributed by atoms with Crippen LogP contribution < -0.4 is 4.90 Å². The molecule has 1 aliphatic heterocycles. The van der Waals surface area contributed by atoms with Crippen molar-refractivity contribution in [2.45, 2.75) is 11.3 Å². The van der Waals surface area contributed by atoms with Gasteiger partial charge in [0.05, 0.1) is 21.7 Å². The first-order valence-corrected chi connectivity index (χ1v) is 10.7. The Kier molecular flexibility index (Phi) is 5.18. The summed E-state index contributed by atoms with van der Waals surface area (Å²) in [6.07, 6.45) is 2.18. The Morgan fingerprint density at radius 3 is 2.52 bits per heavy atom. The molecular weight excluding hydrogens is 391 g/mol. The Hall–Kier alpha value is -3.02. The Morgan fingerprint density at radius 1 is 1.00 bits per heavy atom. The van der Waals surface area contributed by atoms with Crippen LogP contribution in [-0.4, -0.2) is 43.9 Å². The van der Waals surface area contributed by atoms with Crippen LogP contribution >= 0.6 is 0 Å². The number of nitriles is 1. The molecule has 0 bridgehead atoms. The second kappa shape index (κ2) is 7.78. The van der Waals surface area contributed by atoms with Crippen LogP contribution in [0.5, 0.6) is 0 Å². The number of aromatic nitrogens is 1. The van der Waals surface area contributed by atoms with E-state index in [0.29, 0.717) is 31.6 Å². The van der Waals surface area contributed by atoms with Gasteiger partial charge in [0.15, 0.2) is 0 Å². The van der Waals surface area contributed by atoms with E-state index in [1.807, 2.05) is 24.3 Å². The van der Waals surface area contributed by atoms with E-state index in [4.69, 9.17) is 0 Å². The fourth-order valence-corrected chi connectivity index (χ4v) is 5.13. The highest BCUT2D eigenvalue weighted by Crippen LogP contribution is 2.30. The number of pyridine rings is 1. The van der Waals surface area contributed by atoms with Crippen molar-refractivity contribution in [2.75, 3.05) is 31.1 Å². The molecule has 1 saturated heterocycles. The van der Waals surface area contributed by atoms with Gasteiger partial charge in [-0.1, -0.05) is 18.2 Å². The van der Waals surface area contributed by atoms with E-state index in [0.717, 1.165) is 28.7 Å². The van der Waals surface area contributed by atoms with Gasteiger partial charge in [0, 0.05) is 37.8 Å². The van der Waals surface area contributed by atoms with Crippen LogP contribution in [0.25, 0.3) is 10.9 Å². The number of hydrogen-bond acceptors (Lipinski definition) is 5. The first kappa shape index (κ1) is 19.3. The Balaban J connectivity index is 1.64. The number of fused-ring (bicyclic) bond motifs is 1. The minimum absolute atomic E-state index is 0.0828. The summed E-state index contributed by atoms with van der Waals surface area (Å²) >= 11 is 0. The average Bonchev–Trinajstić information content (AvgIpc) is 3.00. The molecule has 0 atom stereocenters. The van der Waals surface area contributed by atoms with Gasteiger partial charge in [-0.2, -0.15) is 9.57 Å². The minimum atomic E-state index is -3.70. The number of nitrogens with zero attached hydrogens (tertiary/aromatic N) is 4. The molecule has 148 valence electrons. The average molecular weight is 410 g/mol. The van der Waals surface area contributed by atoms with E-state index in [2.05, 4.69) is 16.0 Å². The summed E-state index contributed by atoms with van der Waals surface area (Å²) in [5.41, 5.74) is 2.05. The molecule has 0 amide bonds. The molecule has 2 heterocycles. The maximum Gasteiger partial charge on any atom is 0.243 e. The summed E-state index contributed by atoms with van der Waals surface area (Å²) in [6, 6.07) is 14.7. The highest BCUT2D eigenvalue weighted by Gasteiger charge is 2.28. The van der Waals surface area contributed by atoms with Gasteiger partial charge in [-0.05, 0) is 36.8 Å². The zero-order valence-corrected chi connectivity index (χ0v) is 16.4. The fourth-order valence-electron chi connectivity index (χ4n) is 3.66. The molecule has 0 aliphatic carbocycles. The van der Waals surface area contributed by atoms with Crippen LogP contribution in [0.1, 0.15) is 12.0 Å². The van der Waals surface area contributed by atoms with E-state index < -0.39 is 15.8 Å².